The fourth-order valence-corrected chi connectivity index (χ4v) is 1.19. The minimum Gasteiger partial charge on any atom is -0.497 e. The molecule has 0 spiro atoms. The Bertz CT molecular complexity index is 258. The fourth-order valence-electron chi connectivity index (χ4n) is 1.19. The molecule has 0 atom stereocenters. The predicted molar refractivity (Wildman–Crippen MR) is 47.2 cm³/mol. The zero-order chi connectivity index (χ0) is 8.97. The van der Waals surface area contributed by atoms with Gasteiger partial charge in [0.2, 0.25) is 0 Å². The molecule has 0 aliphatic rings. The quantitative estimate of drug-likeness (QED) is 0.674. The third-order valence-electron chi connectivity index (χ3n) is 1.94. The zero-order valence-electron chi connectivity index (χ0n) is 7.43. The second kappa shape index (κ2) is 4.10. The van der Waals surface area contributed by atoms with E-state index in [0.29, 0.717) is 0 Å². The van der Waals surface area contributed by atoms with E-state index in [2.05, 4.69) is 0 Å². The van der Waals surface area contributed by atoms with Crippen molar-refractivity contribution in [1.29, 1.82) is 0 Å². The molecule has 1 nitrogen and oxygen atoms in total. The summed E-state index contributed by atoms with van der Waals surface area (Å²) in [5.74, 6) is 0.795. The molecule has 0 unspecified atom stereocenters. The van der Waals surface area contributed by atoms with Gasteiger partial charge in [-0.15, -0.1) is 0 Å². The van der Waals surface area contributed by atoms with Crippen LogP contribution in [0.5, 0.6) is 5.75 Å². The highest BCUT2D eigenvalue weighted by Gasteiger charge is 2.01. The van der Waals surface area contributed by atoms with E-state index in [1.807, 2.05) is 13.0 Å². The van der Waals surface area contributed by atoms with Crippen molar-refractivity contribution < 1.29 is 9.13 Å². The summed E-state index contributed by atoms with van der Waals surface area (Å²) >= 11 is 0. The molecular formula is C10H13FO. The predicted octanol–water partition coefficient (Wildman–Crippen LogP) is 2.73. The molecule has 0 radical (unpaired) electrons. The third kappa shape index (κ3) is 1.76. The summed E-state index contributed by atoms with van der Waals surface area (Å²) in [6.07, 6.45) is 0.844. The Balaban J connectivity index is 3.02. The molecule has 0 aliphatic carbocycles. The number of hydrogen-bond donors (Lipinski definition) is 0. The lowest BCUT2D eigenvalue weighted by Crippen LogP contribution is -1.91. The maximum atomic E-state index is 12.4. The molecule has 0 heterocycles. The maximum absolute atomic E-state index is 12.4. The lowest BCUT2D eigenvalue weighted by atomic mass is 10.1. The number of methoxy groups -OCH3 is 1. The van der Waals surface area contributed by atoms with Crippen LogP contribution < -0.4 is 4.74 Å². The molecular weight excluding hydrogens is 155 g/mol. The summed E-state index contributed by atoms with van der Waals surface area (Å²) < 4.78 is 17.4. The number of alkyl halides is 1. The van der Waals surface area contributed by atoms with Crippen LogP contribution in [0.3, 0.4) is 0 Å². The molecule has 0 N–H and O–H groups in total. The molecule has 0 amide bonds. The first-order valence-corrected chi connectivity index (χ1v) is 4.03. The van der Waals surface area contributed by atoms with Gasteiger partial charge in [-0.2, -0.15) is 0 Å². The molecule has 0 aromatic heterocycles. The van der Waals surface area contributed by atoms with Crippen LogP contribution in [0.25, 0.3) is 0 Å². The van der Waals surface area contributed by atoms with Crippen LogP contribution >= 0.6 is 0 Å². The fraction of sp³-hybridized carbons (Fsp3) is 0.400. The summed E-state index contributed by atoms with van der Waals surface area (Å²) in [5.41, 5.74) is 1.79. The Kier molecular flexibility index (Phi) is 3.09. The third-order valence-corrected chi connectivity index (χ3v) is 1.94. The lowest BCUT2D eigenvalue weighted by Gasteiger charge is -2.06. The Hall–Kier alpha value is -1.05. The largest absolute Gasteiger partial charge is 0.497 e. The van der Waals surface area contributed by atoms with Gasteiger partial charge in [0.1, 0.15) is 12.4 Å². The smallest absolute Gasteiger partial charge is 0.119 e. The molecule has 0 saturated carbocycles. The maximum Gasteiger partial charge on any atom is 0.119 e. The van der Waals surface area contributed by atoms with Crippen molar-refractivity contribution in [2.75, 3.05) is 7.11 Å². The molecule has 1 aromatic rings. The molecule has 66 valence electrons. The summed E-state index contributed by atoms with van der Waals surface area (Å²) in [6.45, 7) is 1.61. The minimum absolute atomic E-state index is 0.396. The summed E-state index contributed by atoms with van der Waals surface area (Å²) in [4.78, 5) is 0. The van der Waals surface area contributed by atoms with E-state index >= 15 is 0 Å². The molecule has 2 heteroatoms. The van der Waals surface area contributed by atoms with Gasteiger partial charge in [0.15, 0.2) is 0 Å². The van der Waals surface area contributed by atoms with Crippen LogP contribution in [-0.4, -0.2) is 7.11 Å². The Morgan fingerprint density at radius 3 is 2.58 bits per heavy atom. The van der Waals surface area contributed by atoms with Crippen molar-refractivity contribution in [1.82, 2.24) is 0 Å². The van der Waals surface area contributed by atoms with E-state index in [1.54, 1.807) is 19.2 Å². The SMILES string of the molecule is CCc1cc(OC)ccc1CF. The topological polar surface area (TPSA) is 9.23 Å². The first-order chi connectivity index (χ1) is 5.81. The van der Waals surface area contributed by atoms with Crippen LogP contribution in [0.15, 0.2) is 18.2 Å². The van der Waals surface area contributed by atoms with Crippen LogP contribution in [-0.2, 0) is 13.1 Å². The van der Waals surface area contributed by atoms with Gasteiger partial charge in [0.05, 0.1) is 7.11 Å². The van der Waals surface area contributed by atoms with Crippen molar-refractivity contribution in [2.45, 2.75) is 20.0 Å². The van der Waals surface area contributed by atoms with E-state index in [9.17, 15) is 4.39 Å². The van der Waals surface area contributed by atoms with E-state index < -0.39 is 6.67 Å². The van der Waals surface area contributed by atoms with Gasteiger partial charge in [-0.1, -0.05) is 13.0 Å². The van der Waals surface area contributed by atoms with Crippen LogP contribution in [0, 0.1) is 0 Å². The number of rotatable bonds is 3. The first kappa shape index (κ1) is 9.04. The van der Waals surface area contributed by atoms with E-state index in [-0.39, 0.29) is 0 Å². The number of halogens is 1. The average Bonchev–Trinajstić information content (AvgIpc) is 2.16. The van der Waals surface area contributed by atoms with Crippen molar-refractivity contribution in [3.8, 4) is 5.75 Å². The van der Waals surface area contributed by atoms with Crippen LogP contribution in [0.2, 0.25) is 0 Å². The molecule has 1 rings (SSSR count). The van der Waals surface area contributed by atoms with Gasteiger partial charge in [0, 0.05) is 0 Å². The van der Waals surface area contributed by atoms with Gasteiger partial charge in [0.25, 0.3) is 0 Å². The van der Waals surface area contributed by atoms with E-state index in [0.717, 1.165) is 23.3 Å². The highest BCUT2D eigenvalue weighted by atomic mass is 19.1. The normalized spacial score (nSPS) is 9.92. The van der Waals surface area contributed by atoms with Crippen LogP contribution in [0.1, 0.15) is 18.1 Å². The van der Waals surface area contributed by atoms with Crippen LogP contribution in [0.4, 0.5) is 4.39 Å². The number of ether oxygens (including phenoxy) is 1. The van der Waals surface area contributed by atoms with Crippen molar-refractivity contribution in [3.63, 3.8) is 0 Å². The first-order valence-electron chi connectivity index (χ1n) is 4.03. The highest BCUT2D eigenvalue weighted by Crippen LogP contribution is 2.18. The van der Waals surface area contributed by atoms with Crippen molar-refractivity contribution in [2.24, 2.45) is 0 Å². The van der Waals surface area contributed by atoms with Gasteiger partial charge in [-0.05, 0) is 29.7 Å². The van der Waals surface area contributed by atoms with Crippen molar-refractivity contribution in [3.05, 3.63) is 29.3 Å². The van der Waals surface area contributed by atoms with E-state index in [1.165, 1.54) is 0 Å². The van der Waals surface area contributed by atoms with Gasteiger partial charge in [-0.3, -0.25) is 0 Å². The molecule has 0 bridgehead atoms. The van der Waals surface area contributed by atoms with Gasteiger partial charge < -0.3 is 4.74 Å². The monoisotopic (exact) mass is 168 g/mol. The highest BCUT2D eigenvalue weighted by molar-refractivity contribution is 5.35. The number of aryl methyl sites for hydroxylation is 1. The second-order valence-corrected chi connectivity index (χ2v) is 2.62. The molecule has 0 saturated heterocycles. The average molecular weight is 168 g/mol. The number of benzene rings is 1. The standard InChI is InChI=1S/C10H13FO/c1-3-8-6-10(12-2)5-4-9(8)7-11/h4-6H,3,7H2,1-2H3. The van der Waals surface area contributed by atoms with E-state index in [4.69, 9.17) is 4.74 Å². The molecule has 12 heavy (non-hydrogen) atoms. The second-order valence-electron chi connectivity index (χ2n) is 2.62. The Morgan fingerprint density at radius 2 is 2.08 bits per heavy atom. The molecule has 1 aromatic carbocycles. The zero-order valence-corrected chi connectivity index (χ0v) is 7.43. The van der Waals surface area contributed by atoms with Gasteiger partial charge in [-0.25, -0.2) is 4.39 Å². The van der Waals surface area contributed by atoms with Gasteiger partial charge >= 0.3 is 0 Å². The molecule has 0 fully saturated rings. The lowest BCUT2D eigenvalue weighted by molar-refractivity contribution is 0.413. The minimum atomic E-state index is -0.396. The summed E-state index contributed by atoms with van der Waals surface area (Å²) in [5, 5.41) is 0. The number of hydrogen-bond acceptors (Lipinski definition) is 1. The Morgan fingerprint density at radius 1 is 1.33 bits per heavy atom. The molecule has 0 aliphatic heterocycles. The summed E-state index contributed by atoms with van der Waals surface area (Å²) in [6, 6.07) is 5.45. The Labute approximate surface area is 72.2 Å². The van der Waals surface area contributed by atoms with Crippen molar-refractivity contribution >= 4 is 0 Å². The summed E-state index contributed by atoms with van der Waals surface area (Å²) in [7, 11) is 1.61.